The fraction of sp³-hybridized carbons (Fsp3) is 0.348. The average molecular weight is 407 g/mol. The van der Waals surface area contributed by atoms with Crippen molar-refractivity contribution in [2.24, 2.45) is 9.98 Å². The van der Waals surface area contributed by atoms with Crippen LogP contribution in [0.2, 0.25) is 0 Å². The molecule has 0 aliphatic carbocycles. The first-order valence-corrected chi connectivity index (χ1v) is 11.1. The van der Waals surface area contributed by atoms with E-state index in [1.165, 1.54) is 5.56 Å². The van der Waals surface area contributed by atoms with Gasteiger partial charge in [-0.15, -0.1) is 11.8 Å². The molecule has 2 heterocycles. The van der Waals surface area contributed by atoms with Crippen molar-refractivity contribution < 1.29 is 4.79 Å². The number of para-hydroxylation sites is 1. The predicted octanol–water partition coefficient (Wildman–Crippen LogP) is 4.89. The number of urea groups is 1. The molecule has 0 aromatic heterocycles. The first kappa shape index (κ1) is 19.7. The fourth-order valence-electron chi connectivity index (χ4n) is 3.76. The van der Waals surface area contributed by atoms with Gasteiger partial charge in [-0.25, -0.2) is 9.79 Å². The lowest BCUT2D eigenvalue weighted by Crippen LogP contribution is -2.46. The number of carbonyl (C=O) groups is 1. The first-order chi connectivity index (χ1) is 14.0. The van der Waals surface area contributed by atoms with E-state index >= 15 is 0 Å². The van der Waals surface area contributed by atoms with Crippen molar-refractivity contribution in [3.05, 3.63) is 65.2 Å². The van der Waals surface area contributed by atoms with Crippen LogP contribution in [0.1, 0.15) is 29.5 Å². The smallest absolute Gasteiger partial charge is 0.321 e. The maximum atomic E-state index is 12.7. The molecule has 5 nitrogen and oxygen atoms in total. The van der Waals surface area contributed by atoms with E-state index in [9.17, 15) is 4.79 Å². The lowest BCUT2D eigenvalue weighted by molar-refractivity contribution is 0.175. The van der Waals surface area contributed by atoms with E-state index in [1.807, 2.05) is 42.3 Å². The lowest BCUT2D eigenvalue weighted by Gasteiger charge is -2.35. The minimum absolute atomic E-state index is 0.0519. The van der Waals surface area contributed by atoms with Gasteiger partial charge in [0.05, 0.1) is 5.71 Å². The zero-order valence-corrected chi connectivity index (χ0v) is 17.9. The van der Waals surface area contributed by atoms with Crippen LogP contribution in [0.15, 0.2) is 58.5 Å². The minimum atomic E-state index is -0.433. The fourth-order valence-corrected chi connectivity index (χ4v) is 4.38. The molecule has 2 amide bonds. The van der Waals surface area contributed by atoms with E-state index in [-0.39, 0.29) is 6.03 Å². The highest BCUT2D eigenvalue weighted by Gasteiger charge is 2.40. The van der Waals surface area contributed by atoms with Crippen LogP contribution in [0.5, 0.6) is 0 Å². The van der Waals surface area contributed by atoms with E-state index in [0.29, 0.717) is 13.1 Å². The number of likely N-dealkylation sites (tertiary alicyclic amines) is 1. The summed E-state index contributed by atoms with van der Waals surface area (Å²) in [6.45, 7) is 5.38. The van der Waals surface area contributed by atoms with Crippen LogP contribution in [0.3, 0.4) is 0 Å². The van der Waals surface area contributed by atoms with Crippen molar-refractivity contribution in [1.82, 2.24) is 4.90 Å². The topological polar surface area (TPSA) is 57.1 Å². The zero-order valence-electron chi connectivity index (χ0n) is 17.1. The molecular formula is C23H26N4OS. The van der Waals surface area contributed by atoms with Crippen molar-refractivity contribution in [2.45, 2.75) is 32.4 Å². The Kier molecular flexibility index (Phi) is 5.46. The Morgan fingerprint density at radius 2 is 1.72 bits per heavy atom. The Hall–Kier alpha value is -2.60. The predicted molar refractivity (Wildman–Crippen MR) is 122 cm³/mol. The van der Waals surface area contributed by atoms with Gasteiger partial charge in [-0.2, -0.15) is 0 Å². The van der Waals surface area contributed by atoms with Crippen molar-refractivity contribution in [2.75, 3.05) is 24.7 Å². The van der Waals surface area contributed by atoms with Crippen LogP contribution < -0.4 is 5.32 Å². The third-order valence-electron chi connectivity index (χ3n) is 5.59. The number of nitrogens with zero attached hydrogens (tertiary/aromatic N) is 3. The maximum absolute atomic E-state index is 12.7. The molecule has 2 aromatic rings. The number of carbonyl (C=O) groups excluding carboxylic acids is 1. The van der Waals surface area contributed by atoms with Crippen molar-refractivity contribution >= 4 is 34.2 Å². The minimum Gasteiger partial charge on any atom is -0.324 e. The molecule has 1 fully saturated rings. The van der Waals surface area contributed by atoms with Crippen LogP contribution in [0.4, 0.5) is 10.5 Å². The quantitative estimate of drug-likeness (QED) is 0.772. The number of benzene rings is 2. The Morgan fingerprint density at radius 3 is 2.38 bits per heavy atom. The molecule has 6 heteroatoms. The maximum Gasteiger partial charge on any atom is 0.321 e. The zero-order chi connectivity index (χ0) is 20.4. The van der Waals surface area contributed by atoms with Gasteiger partial charge >= 0.3 is 6.03 Å². The van der Waals surface area contributed by atoms with Crippen LogP contribution in [-0.2, 0) is 0 Å². The molecule has 1 spiro atoms. The number of thioether (sulfide) groups is 1. The average Bonchev–Trinajstić information content (AvgIpc) is 3.09. The van der Waals surface area contributed by atoms with Gasteiger partial charge in [0.1, 0.15) is 5.04 Å². The van der Waals surface area contributed by atoms with Gasteiger partial charge in [0.2, 0.25) is 0 Å². The number of rotatable bonds is 2. The van der Waals surface area contributed by atoms with Gasteiger partial charge < -0.3 is 10.2 Å². The second-order valence-electron chi connectivity index (χ2n) is 7.66. The second-order valence-corrected chi connectivity index (χ2v) is 8.46. The van der Waals surface area contributed by atoms with E-state index in [0.717, 1.165) is 40.4 Å². The summed E-state index contributed by atoms with van der Waals surface area (Å²) in [6, 6.07) is 16.2. The summed E-state index contributed by atoms with van der Waals surface area (Å²) in [6.07, 6.45) is 3.54. The number of piperidine rings is 1. The monoisotopic (exact) mass is 406 g/mol. The Morgan fingerprint density at radius 1 is 1.03 bits per heavy atom. The first-order valence-electron chi connectivity index (χ1n) is 9.92. The van der Waals surface area contributed by atoms with E-state index in [2.05, 4.69) is 36.5 Å². The van der Waals surface area contributed by atoms with E-state index in [1.54, 1.807) is 11.8 Å². The molecule has 2 aliphatic heterocycles. The molecule has 2 aromatic carbocycles. The van der Waals surface area contributed by atoms with E-state index in [4.69, 9.17) is 9.98 Å². The van der Waals surface area contributed by atoms with Crippen molar-refractivity contribution in [3.8, 4) is 0 Å². The van der Waals surface area contributed by atoms with Gasteiger partial charge in [0, 0.05) is 37.2 Å². The summed E-state index contributed by atoms with van der Waals surface area (Å²) in [7, 11) is 0. The third kappa shape index (κ3) is 4.08. The summed E-state index contributed by atoms with van der Waals surface area (Å²) in [5, 5.41) is 4.02. The highest BCUT2D eigenvalue weighted by atomic mass is 32.2. The summed E-state index contributed by atoms with van der Waals surface area (Å²) >= 11 is 1.64. The molecule has 150 valence electrons. The molecule has 1 saturated heterocycles. The molecule has 0 saturated carbocycles. The number of hydrogen-bond donors (Lipinski definition) is 1. The number of hydrogen-bond acceptors (Lipinski definition) is 4. The normalized spacial score (nSPS) is 17.8. The number of amides is 2. The molecule has 29 heavy (non-hydrogen) atoms. The summed E-state index contributed by atoms with van der Waals surface area (Å²) in [5.41, 5.74) is 4.82. The molecule has 0 unspecified atom stereocenters. The van der Waals surface area contributed by atoms with Crippen LogP contribution in [-0.4, -0.2) is 46.7 Å². The summed E-state index contributed by atoms with van der Waals surface area (Å²) < 4.78 is 0. The van der Waals surface area contributed by atoms with Gasteiger partial charge in [0.15, 0.2) is 5.66 Å². The van der Waals surface area contributed by atoms with Crippen LogP contribution >= 0.6 is 11.8 Å². The SMILES string of the molecule is CSC1=NC2(CCN(C(=O)Nc3ccccc3C)CC2)N=C1c1ccc(C)cc1. The van der Waals surface area contributed by atoms with Crippen molar-refractivity contribution in [3.63, 3.8) is 0 Å². The van der Waals surface area contributed by atoms with Crippen LogP contribution in [0.25, 0.3) is 0 Å². The molecule has 0 atom stereocenters. The molecule has 2 aliphatic rings. The molecule has 0 bridgehead atoms. The summed E-state index contributed by atoms with van der Waals surface area (Å²) in [5.74, 6) is 0. The van der Waals surface area contributed by atoms with Crippen LogP contribution in [0, 0.1) is 13.8 Å². The highest BCUT2D eigenvalue weighted by molar-refractivity contribution is 8.15. The van der Waals surface area contributed by atoms with Gasteiger partial charge in [0.25, 0.3) is 0 Å². The standard InChI is InChI=1S/C23H26N4OS/c1-16-8-10-18(11-9-16)20-21(29-3)26-23(25-20)12-14-27(15-13-23)22(28)24-19-7-5-4-6-17(19)2/h4-11H,12-15H2,1-3H3,(H,24,28). The number of aryl methyl sites for hydroxylation is 2. The van der Waals surface area contributed by atoms with Gasteiger partial charge in [-0.05, 0) is 31.7 Å². The highest BCUT2D eigenvalue weighted by Crippen LogP contribution is 2.35. The molecule has 0 radical (unpaired) electrons. The second kappa shape index (κ2) is 8.03. The Balaban J connectivity index is 1.47. The number of anilines is 1. The summed E-state index contributed by atoms with van der Waals surface area (Å²) in [4.78, 5) is 24.6. The molecule has 4 rings (SSSR count). The Labute approximate surface area is 176 Å². The van der Waals surface area contributed by atoms with Crippen molar-refractivity contribution in [1.29, 1.82) is 0 Å². The number of aliphatic imine (C=N–C) groups is 2. The largest absolute Gasteiger partial charge is 0.324 e. The van der Waals surface area contributed by atoms with Gasteiger partial charge in [-0.1, -0.05) is 48.0 Å². The molecular weight excluding hydrogens is 380 g/mol. The molecule has 1 N–H and O–H groups in total. The number of nitrogens with one attached hydrogen (secondary N) is 1. The Bertz CT molecular complexity index is 973. The van der Waals surface area contributed by atoms with Gasteiger partial charge in [-0.3, -0.25) is 4.99 Å². The van der Waals surface area contributed by atoms with E-state index < -0.39 is 5.66 Å². The lowest BCUT2D eigenvalue weighted by atomic mass is 9.98. The third-order valence-corrected chi connectivity index (χ3v) is 6.26.